The lowest BCUT2D eigenvalue weighted by Crippen LogP contribution is -2.25. The quantitative estimate of drug-likeness (QED) is 0.144. The van der Waals surface area contributed by atoms with Crippen molar-refractivity contribution in [1.29, 1.82) is 10.5 Å². The van der Waals surface area contributed by atoms with Gasteiger partial charge in [0.1, 0.15) is 17.7 Å². The van der Waals surface area contributed by atoms with E-state index in [1.165, 1.54) is 0 Å². The van der Waals surface area contributed by atoms with Crippen molar-refractivity contribution in [3.63, 3.8) is 0 Å². The standard InChI is InChI=1S/C52H34N6/c53-33-41-31-39(35-11-3-1-4-12-35)21-25-45(41)57(49-15-7-9-29-55-49)47-27-19-37-18-24-44-48(28-20-38-17-23-43(47)51(37)52(38)44)58(50-16-8-10-30-56-50)46-26-22-40(32-42(46)34-54)36-13-5-2-6-14-36/h1-31,42H,32H2. The van der Waals surface area contributed by atoms with Crippen LogP contribution in [0.15, 0.2) is 194 Å². The smallest absolute Gasteiger partial charge is 0.137 e. The van der Waals surface area contributed by atoms with Crippen LogP contribution in [-0.4, -0.2) is 9.97 Å². The Morgan fingerprint density at radius 3 is 1.64 bits per heavy atom. The molecule has 0 bridgehead atoms. The summed E-state index contributed by atoms with van der Waals surface area (Å²) in [5.74, 6) is 1.05. The van der Waals surface area contributed by atoms with E-state index in [9.17, 15) is 10.5 Å². The fraction of sp³-hybridized carbons (Fsp3) is 0.0385. The first kappa shape index (κ1) is 34.4. The number of anilines is 5. The Morgan fingerprint density at radius 2 is 1.05 bits per heavy atom. The molecule has 1 atom stereocenters. The molecular weight excluding hydrogens is 709 g/mol. The third-order valence-electron chi connectivity index (χ3n) is 11.1. The van der Waals surface area contributed by atoms with Gasteiger partial charge in [0.15, 0.2) is 0 Å². The molecule has 0 saturated heterocycles. The molecule has 0 aliphatic heterocycles. The third kappa shape index (κ3) is 5.89. The normalized spacial score (nSPS) is 13.8. The molecule has 9 aromatic rings. The van der Waals surface area contributed by atoms with Crippen LogP contribution in [0.25, 0.3) is 49.0 Å². The molecule has 1 unspecified atom stereocenters. The minimum Gasteiger partial charge on any atom is -0.297 e. The van der Waals surface area contributed by atoms with E-state index in [0.717, 1.165) is 83.2 Å². The van der Waals surface area contributed by atoms with Crippen LogP contribution < -0.4 is 9.80 Å². The van der Waals surface area contributed by atoms with E-state index < -0.39 is 5.92 Å². The van der Waals surface area contributed by atoms with Gasteiger partial charge in [-0.1, -0.05) is 121 Å². The number of nitriles is 2. The third-order valence-corrected chi connectivity index (χ3v) is 11.1. The van der Waals surface area contributed by atoms with Crippen LogP contribution >= 0.6 is 0 Å². The zero-order chi connectivity index (χ0) is 39.0. The first-order valence-electron chi connectivity index (χ1n) is 19.3. The Morgan fingerprint density at radius 1 is 0.500 bits per heavy atom. The van der Waals surface area contributed by atoms with Crippen LogP contribution in [0.2, 0.25) is 0 Å². The lowest BCUT2D eigenvalue weighted by atomic mass is 9.87. The average Bonchev–Trinajstić information content (AvgIpc) is 3.30. The van der Waals surface area contributed by atoms with Gasteiger partial charge in [0.05, 0.1) is 34.6 Å². The topological polar surface area (TPSA) is 79.8 Å². The summed E-state index contributed by atoms with van der Waals surface area (Å²) < 4.78 is 0. The van der Waals surface area contributed by atoms with Gasteiger partial charge in [0, 0.05) is 28.9 Å². The zero-order valence-corrected chi connectivity index (χ0v) is 31.4. The molecule has 6 heteroatoms. The van der Waals surface area contributed by atoms with Crippen LogP contribution in [0.1, 0.15) is 17.5 Å². The van der Waals surface area contributed by atoms with Crippen LogP contribution in [0, 0.1) is 28.6 Å². The highest BCUT2D eigenvalue weighted by Gasteiger charge is 2.29. The maximum Gasteiger partial charge on any atom is 0.137 e. The Balaban J connectivity index is 1.18. The maximum atomic E-state index is 10.7. The van der Waals surface area contributed by atoms with E-state index in [1.807, 2.05) is 84.9 Å². The van der Waals surface area contributed by atoms with Gasteiger partial charge in [-0.05, 0) is 105 Å². The monoisotopic (exact) mass is 742 g/mol. The largest absolute Gasteiger partial charge is 0.297 e. The highest BCUT2D eigenvalue weighted by atomic mass is 15.2. The Kier molecular flexibility index (Phi) is 8.63. The molecule has 272 valence electrons. The van der Waals surface area contributed by atoms with E-state index in [2.05, 4.69) is 113 Å². The summed E-state index contributed by atoms with van der Waals surface area (Å²) in [7, 11) is 0. The molecule has 10 rings (SSSR count). The number of rotatable bonds is 8. The molecule has 58 heavy (non-hydrogen) atoms. The summed E-state index contributed by atoms with van der Waals surface area (Å²) in [6.45, 7) is 0. The Bertz CT molecular complexity index is 3110. The van der Waals surface area contributed by atoms with Gasteiger partial charge in [0.25, 0.3) is 0 Å². The van der Waals surface area contributed by atoms with Gasteiger partial charge in [-0.2, -0.15) is 10.5 Å². The molecule has 0 radical (unpaired) electrons. The van der Waals surface area contributed by atoms with Gasteiger partial charge < -0.3 is 0 Å². The van der Waals surface area contributed by atoms with Crippen molar-refractivity contribution in [1.82, 2.24) is 9.97 Å². The van der Waals surface area contributed by atoms with E-state index >= 15 is 0 Å². The summed E-state index contributed by atoms with van der Waals surface area (Å²) in [6.07, 6.45) is 8.41. The number of aromatic nitrogens is 2. The highest BCUT2D eigenvalue weighted by Crippen LogP contribution is 2.48. The number of hydrogen-bond acceptors (Lipinski definition) is 6. The zero-order valence-electron chi connectivity index (χ0n) is 31.4. The van der Waals surface area contributed by atoms with Crippen molar-refractivity contribution in [3.05, 3.63) is 205 Å². The fourth-order valence-corrected chi connectivity index (χ4v) is 8.44. The molecule has 2 aromatic heterocycles. The average molecular weight is 743 g/mol. The minimum atomic E-state index is -0.401. The van der Waals surface area contributed by atoms with Gasteiger partial charge in [-0.25, -0.2) is 9.97 Å². The number of pyridine rings is 2. The highest BCUT2D eigenvalue weighted by molar-refractivity contribution is 6.28. The van der Waals surface area contributed by atoms with Crippen LogP contribution in [0.3, 0.4) is 0 Å². The van der Waals surface area contributed by atoms with Crippen molar-refractivity contribution in [2.24, 2.45) is 5.92 Å². The second-order valence-corrected chi connectivity index (χ2v) is 14.4. The summed E-state index contributed by atoms with van der Waals surface area (Å²) in [4.78, 5) is 13.9. The van der Waals surface area contributed by atoms with E-state index in [-0.39, 0.29) is 0 Å². The van der Waals surface area contributed by atoms with Gasteiger partial charge >= 0.3 is 0 Å². The molecule has 1 aliphatic carbocycles. The summed E-state index contributed by atoms with van der Waals surface area (Å²) in [5.41, 5.74) is 8.29. The minimum absolute atomic E-state index is 0.401. The summed E-state index contributed by atoms with van der Waals surface area (Å²) in [5, 5.41) is 27.8. The predicted molar refractivity (Wildman–Crippen MR) is 235 cm³/mol. The molecule has 6 nitrogen and oxygen atoms in total. The number of nitrogens with zero attached hydrogens (tertiary/aromatic N) is 6. The summed E-state index contributed by atoms with van der Waals surface area (Å²) in [6, 6.07) is 60.7. The van der Waals surface area contributed by atoms with Crippen molar-refractivity contribution < 1.29 is 0 Å². The van der Waals surface area contributed by atoms with Crippen LogP contribution in [0.4, 0.5) is 28.7 Å². The van der Waals surface area contributed by atoms with Gasteiger partial charge in [-0.3, -0.25) is 9.80 Å². The Hall–Kier alpha value is -8.06. The van der Waals surface area contributed by atoms with Crippen molar-refractivity contribution >= 4 is 66.6 Å². The molecule has 0 spiro atoms. The second kappa shape index (κ2) is 14.5. The van der Waals surface area contributed by atoms with E-state index in [1.54, 1.807) is 12.4 Å². The molecule has 0 amide bonds. The molecule has 0 saturated carbocycles. The number of hydrogen-bond donors (Lipinski definition) is 0. The van der Waals surface area contributed by atoms with Gasteiger partial charge in [0.2, 0.25) is 0 Å². The maximum absolute atomic E-state index is 10.7. The first-order chi connectivity index (χ1) is 28.7. The van der Waals surface area contributed by atoms with Crippen molar-refractivity contribution in [2.45, 2.75) is 6.42 Å². The summed E-state index contributed by atoms with van der Waals surface area (Å²) >= 11 is 0. The predicted octanol–water partition coefficient (Wildman–Crippen LogP) is 13.0. The van der Waals surface area contributed by atoms with Crippen LogP contribution in [-0.2, 0) is 0 Å². The van der Waals surface area contributed by atoms with E-state index in [0.29, 0.717) is 17.8 Å². The fourth-order valence-electron chi connectivity index (χ4n) is 8.44. The number of benzene rings is 7. The lowest BCUT2D eigenvalue weighted by molar-refractivity contribution is 0.765. The first-order valence-corrected chi connectivity index (χ1v) is 19.3. The molecular formula is C52H34N6. The van der Waals surface area contributed by atoms with Crippen molar-refractivity contribution in [2.75, 3.05) is 9.80 Å². The van der Waals surface area contributed by atoms with Crippen LogP contribution in [0.5, 0.6) is 0 Å². The lowest BCUT2D eigenvalue weighted by Gasteiger charge is -2.33. The van der Waals surface area contributed by atoms with E-state index in [4.69, 9.17) is 9.97 Å². The SMILES string of the molecule is N#Cc1cc(-c2ccccc2)ccc1N(c1ccccn1)c1ccc2ccc3c(N(C4=CC=C(c5ccccc5)CC4C#N)c4ccccn4)ccc4ccc1c2c43. The molecule has 1 aliphatic rings. The molecule has 2 heterocycles. The molecule has 7 aromatic carbocycles. The number of allylic oxidation sites excluding steroid dienone is 4. The van der Waals surface area contributed by atoms with Crippen molar-refractivity contribution in [3.8, 4) is 23.3 Å². The second-order valence-electron chi connectivity index (χ2n) is 14.4. The van der Waals surface area contributed by atoms with Gasteiger partial charge in [-0.15, -0.1) is 0 Å². The molecule has 0 N–H and O–H groups in total. The molecule has 0 fully saturated rings. The Labute approximate surface area is 336 Å².